The lowest BCUT2D eigenvalue weighted by Crippen LogP contribution is -2.06. The number of benzene rings is 2. The van der Waals surface area contributed by atoms with Crippen LogP contribution in [0, 0.1) is 11.6 Å². The van der Waals surface area contributed by atoms with Crippen LogP contribution in [0.25, 0.3) is 5.57 Å². The highest BCUT2D eigenvalue weighted by molar-refractivity contribution is 6.35. The zero-order valence-electron chi connectivity index (χ0n) is 10.7. The van der Waals surface area contributed by atoms with Gasteiger partial charge in [-0.2, -0.15) is 0 Å². The highest BCUT2D eigenvalue weighted by Crippen LogP contribution is 2.32. The minimum Gasteiger partial charge on any atom is -0.321 e. The van der Waals surface area contributed by atoms with E-state index in [-0.39, 0.29) is 11.1 Å². The van der Waals surface area contributed by atoms with Crippen LogP contribution in [0.15, 0.2) is 48.5 Å². The van der Waals surface area contributed by atoms with Gasteiger partial charge in [-0.05, 0) is 36.4 Å². The maximum absolute atomic E-state index is 13.6. The normalized spacial score (nSPS) is 15.0. The molecule has 0 fully saturated rings. The molecule has 0 aliphatic carbocycles. The lowest BCUT2D eigenvalue weighted by molar-refractivity contribution is -0.110. The fourth-order valence-electron chi connectivity index (χ4n) is 2.18. The van der Waals surface area contributed by atoms with Crippen LogP contribution in [0.4, 0.5) is 14.5 Å². The summed E-state index contributed by atoms with van der Waals surface area (Å²) in [5.74, 6) is -2.27. The Labute approximate surface area is 118 Å². The third-order valence-corrected chi connectivity index (χ3v) is 3.18. The molecule has 0 spiro atoms. The van der Waals surface area contributed by atoms with Crippen LogP contribution in [-0.2, 0) is 4.79 Å². The van der Waals surface area contributed by atoms with Crippen molar-refractivity contribution in [3.05, 3.63) is 71.3 Å². The van der Waals surface area contributed by atoms with Crippen LogP contribution in [-0.4, -0.2) is 11.7 Å². The molecule has 0 aromatic heterocycles. The Kier molecular flexibility index (Phi) is 3.10. The Morgan fingerprint density at radius 1 is 1.10 bits per heavy atom. The summed E-state index contributed by atoms with van der Waals surface area (Å²) in [4.78, 5) is 23.9. The zero-order valence-corrected chi connectivity index (χ0v) is 10.7. The van der Waals surface area contributed by atoms with Gasteiger partial charge in [0.15, 0.2) is 5.78 Å². The first-order valence-electron chi connectivity index (χ1n) is 6.18. The van der Waals surface area contributed by atoms with E-state index in [2.05, 4.69) is 5.32 Å². The van der Waals surface area contributed by atoms with Crippen molar-refractivity contribution in [2.24, 2.45) is 0 Å². The molecule has 0 saturated heterocycles. The fraction of sp³-hybridized carbons (Fsp3) is 0. The lowest BCUT2D eigenvalue weighted by atomic mass is 10.0. The first-order valence-corrected chi connectivity index (χ1v) is 6.18. The number of allylic oxidation sites excluding steroid dienone is 1. The second-order valence-corrected chi connectivity index (χ2v) is 4.55. The summed E-state index contributed by atoms with van der Waals surface area (Å²) >= 11 is 0. The number of anilines is 1. The number of carbonyl (C=O) groups is 2. The molecule has 1 aliphatic rings. The van der Waals surface area contributed by atoms with Crippen molar-refractivity contribution >= 4 is 23.0 Å². The molecule has 3 nitrogen and oxygen atoms in total. The van der Waals surface area contributed by atoms with Crippen molar-refractivity contribution in [2.75, 3.05) is 5.32 Å². The molecule has 1 aliphatic heterocycles. The highest BCUT2D eigenvalue weighted by Gasteiger charge is 2.25. The van der Waals surface area contributed by atoms with E-state index in [1.807, 2.05) is 0 Å². The second kappa shape index (κ2) is 4.94. The average Bonchev–Trinajstić information content (AvgIpc) is 2.74. The SMILES string of the molecule is O=C1Nc2cc(F)ccc2/C1=C\C(=O)c1ccccc1F. The number of nitrogens with one attached hydrogen (secondary N) is 1. The van der Waals surface area contributed by atoms with Crippen molar-refractivity contribution in [1.29, 1.82) is 0 Å². The molecule has 1 N–H and O–H groups in total. The highest BCUT2D eigenvalue weighted by atomic mass is 19.1. The van der Waals surface area contributed by atoms with Gasteiger partial charge >= 0.3 is 0 Å². The van der Waals surface area contributed by atoms with Crippen LogP contribution in [0.5, 0.6) is 0 Å². The van der Waals surface area contributed by atoms with Gasteiger partial charge in [-0.25, -0.2) is 8.78 Å². The van der Waals surface area contributed by atoms with Crippen molar-refractivity contribution < 1.29 is 18.4 Å². The van der Waals surface area contributed by atoms with Gasteiger partial charge in [-0.1, -0.05) is 12.1 Å². The molecule has 1 heterocycles. The summed E-state index contributed by atoms with van der Waals surface area (Å²) in [5.41, 5.74) is 0.699. The van der Waals surface area contributed by atoms with E-state index in [1.54, 1.807) is 0 Å². The summed E-state index contributed by atoms with van der Waals surface area (Å²) in [7, 11) is 0. The summed E-state index contributed by atoms with van der Waals surface area (Å²) in [6.45, 7) is 0. The van der Waals surface area contributed by atoms with E-state index in [0.717, 1.165) is 6.08 Å². The Balaban J connectivity index is 2.03. The molecule has 2 aromatic rings. The summed E-state index contributed by atoms with van der Waals surface area (Å²) < 4.78 is 26.7. The largest absolute Gasteiger partial charge is 0.321 e. The van der Waals surface area contributed by atoms with Gasteiger partial charge < -0.3 is 5.32 Å². The van der Waals surface area contributed by atoms with Gasteiger partial charge in [0.25, 0.3) is 5.91 Å². The molecule has 0 atom stereocenters. The smallest absolute Gasteiger partial charge is 0.256 e. The molecule has 0 bridgehead atoms. The van der Waals surface area contributed by atoms with E-state index < -0.39 is 23.3 Å². The molecular formula is C16H9F2NO2. The van der Waals surface area contributed by atoms with Crippen LogP contribution in [0.1, 0.15) is 15.9 Å². The number of rotatable bonds is 2. The molecule has 0 saturated carbocycles. The monoisotopic (exact) mass is 285 g/mol. The van der Waals surface area contributed by atoms with Crippen LogP contribution < -0.4 is 5.32 Å². The third kappa shape index (κ3) is 2.33. The predicted octanol–water partition coefficient (Wildman–Crippen LogP) is 3.18. The minimum absolute atomic E-state index is 0.0956. The van der Waals surface area contributed by atoms with Crippen molar-refractivity contribution in [3.63, 3.8) is 0 Å². The molecule has 1 amide bonds. The van der Waals surface area contributed by atoms with Gasteiger partial charge in [0.2, 0.25) is 0 Å². The molecule has 104 valence electrons. The molecule has 2 aromatic carbocycles. The van der Waals surface area contributed by atoms with Crippen molar-refractivity contribution in [3.8, 4) is 0 Å². The number of ketones is 1. The van der Waals surface area contributed by atoms with E-state index in [1.165, 1.54) is 42.5 Å². The van der Waals surface area contributed by atoms with E-state index >= 15 is 0 Å². The molecule has 0 unspecified atom stereocenters. The predicted molar refractivity (Wildman–Crippen MR) is 73.7 cm³/mol. The first kappa shape index (κ1) is 13.2. The van der Waals surface area contributed by atoms with Gasteiger partial charge in [0, 0.05) is 5.56 Å². The Hall–Kier alpha value is -2.82. The number of hydrogen-bond acceptors (Lipinski definition) is 2. The number of fused-ring (bicyclic) bond motifs is 1. The Morgan fingerprint density at radius 2 is 1.86 bits per heavy atom. The number of hydrogen-bond donors (Lipinski definition) is 1. The van der Waals surface area contributed by atoms with Crippen LogP contribution in [0.2, 0.25) is 0 Å². The Morgan fingerprint density at radius 3 is 2.62 bits per heavy atom. The topological polar surface area (TPSA) is 46.2 Å². The fourth-order valence-corrected chi connectivity index (χ4v) is 2.18. The second-order valence-electron chi connectivity index (χ2n) is 4.55. The molecule has 0 radical (unpaired) electrons. The summed E-state index contributed by atoms with van der Waals surface area (Å²) in [6.07, 6.45) is 1.07. The standard InChI is InChI=1S/C16H9F2NO2/c17-9-5-6-10-12(16(21)19-14(10)7-9)8-15(20)11-3-1-2-4-13(11)18/h1-8H,(H,19,21)/b12-8+. The maximum Gasteiger partial charge on any atom is 0.256 e. The van der Waals surface area contributed by atoms with Gasteiger partial charge in [0.05, 0.1) is 16.8 Å². The van der Waals surface area contributed by atoms with Crippen LogP contribution >= 0.6 is 0 Å². The molecule has 3 rings (SSSR count). The summed E-state index contributed by atoms with van der Waals surface area (Å²) in [6, 6.07) is 9.29. The molecular weight excluding hydrogens is 276 g/mol. The number of amides is 1. The van der Waals surface area contributed by atoms with Gasteiger partial charge in [-0.3, -0.25) is 9.59 Å². The quantitative estimate of drug-likeness (QED) is 0.680. The lowest BCUT2D eigenvalue weighted by Gasteiger charge is -2.00. The average molecular weight is 285 g/mol. The molecule has 5 heteroatoms. The Bertz CT molecular complexity index is 797. The first-order chi connectivity index (χ1) is 10.1. The van der Waals surface area contributed by atoms with E-state index in [9.17, 15) is 18.4 Å². The number of carbonyl (C=O) groups excluding carboxylic acids is 2. The van der Waals surface area contributed by atoms with E-state index in [0.29, 0.717) is 11.3 Å². The van der Waals surface area contributed by atoms with Gasteiger partial charge in [0.1, 0.15) is 11.6 Å². The summed E-state index contributed by atoms with van der Waals surface area (Å²) in [5, 5.41) is 2.47. The van der Waals surface area contributed by atoms with Crippen molar-refractivity contribution in [1.82, 2.24) is 0 Å². The van der Waals surface area contributed by atoms with Crippen molar-refractivity contribution in [2.45, 2.75) is 0 Å². The van der Waals surface area contributed by atoms with Gasteiger partial charge in [-0.15, -0.1) is 0 Å². The maximum atomic E-state index is 13.6. The third-order valence-electron chi connectivity index (χ3n) is 3.18. The number of halogens is 2. The molecule has 21 heavy (non-hydrogen) atoms. The minimum atomic E-state index is -0.655. The zero-order chi connectivity index (χ0) is 15.0. The van der Waals surface area contributed by atoms with Crippen LogP contribution in [0.3, 0.4) is 0 Å². The van der Waals surface area contributed by atoms with E-state index in [4.69, 9.17) is 0 Å².